The second-order valence-electron chi connectivity index (χ2n) is 4.49. The lowest BCUT2D eigenvalue weighted by atomic mass is 10.1. The summed E-state index contributed by atoms with van der Waals surface area (Å²) in [6, 6.07) is 8.51. The Labute approximate surface area is 128 Å². The highest BCUT2D eigenvalue weighted by Crippen LogP contribution is 2.29. The van der Waals surface area contributed by atoms with Crippen LogP contribution in [0.25, 0.3) is 0 Å². The average molecular weight is 309 g/mol. The summed E-state index contributed by atoms with van der Waals surface area (Å²) in [4.78, 5) is 17.9. The topological polar surface area (TPSA) is 33.2 Å². The quantitative estimate of drug-likeness (QED) is 0.850. The first kappa shape index (κ1) is 14.8. The van der Waals surface area contributed by atoms with E-state index in [1.54, 1.807) is 48.6 Å². The number of rotatable bonds is 3. The van der Waals surface area contributed by atoms with Crippen LogP contribution in [0.1, 0.15) is 28.9 Å². The van der Waals surface area contributed by atoms with Crippen LogP contribution in [0.3, 0.4) is 0 Å². The fourth-order valence-corrected chi connectivity index (χ4v) is 2.49. The third-order valence-electron chi connectivity index (χ3n) is 3.24. The van der Waals surface area contributed by atoms with E-state index in [1.807, 2.05) is 13.0 Å². The lowest BCUT2D eigenvalue weighted by Gasteiger charge is -2.26. The van der Waals surface area contributed by atoms with Crippen LogP contribution in [-0.2, 0) is 0 Å². The number of aromatic nitrogens is 1. The summed E-state index contributed by atoms with van der Waals surface area (Å²) in [6.45, 7) is 1.92. The van der Waals surface area contributed by atoms with Crippen molar-refractivity contribution in [3.8, 4) is 0 Å². The van der Waals surface area contributed by atoms with Crippen LogP contribution < -0.4 is 0 Å². The highest BCUT2D eigenvalue weighted by Gasteiger charge is 2.20. The van der Waals surface area contributed by atoms with Gasteiger partial charge < -0.3 is 4.90 Å². The standard InChI is InChI=1S/C15H14Cl2N2O/c1-10(13-4-3-12(16)9-14(13)17)19(2)15(20)11-5-7-18-8-6-11/h3-10H,1-2H3. The molecule has 1 heterocycles. The molecule has 20 heavy (non-hydrogen) atoms. The molecule has 0 fully saturated rings. The van der Waals surface area contributed by atoms with E-state index in [0.717, 1.165) is 5.56 Å². The van der Waals surface area contributed by atoms with E-state index < -0.39 is 0 Å². The number of carbonyl (C=O) groups is 1. The van der Waals surface area contributed by atoms with Gasteiger partial charge in [-0.25, -0.2) is 0 Å². The normalized spacial score (nSPS) is 12.0. The Hall–Kier alpha value is -1.58. The van der Waals surface area contributed by atoms with Gasteiger partial charge in [-0.3, -0.25) is 9.78 Å². The summed E-state index contributed by atoms with van der Waals surface area (Å²) < 4.78 is 0. The van der Waals surface area contributed by atoms with Gasteiger partial charge in [-0.15, -0.1) is 0 Å². The lowest BCUT2D eigenvalue weighted by Crippen LogP contribution is -2.29. The summed E-state index contributed by atoms with van der Waals surface area (Å²) in [5.41, 5.74) is 1.46. The molecule has 0 bridgehead atoms. The van der Waals surface area contributed by atoms with E-state index in [4.69, 9.17) is 23.2 Å². The number of hydrogen-bond donors (Lipinski definition) is 0. The van der Waals surface area contributed by atoms with Gasteiger partial charge in [0.25, 0.3) is 5.91 Å². The molecule has 0 aliphatic heterocycles. The summed E-state index contributed by atoms with van der Waals surface area (Å²) in [6.07, 6.45) is 3.20. The maximum atomic E-state index is 12.4. The zero-order chi connectivity index (χ0) is 14.7. The molecule has 0 radical (unpaired) electrons. The van der Waals surface area contributed by atoms with Crippen LogP contribution in [0.5, 0.6) is 0 Å². The van der Waals surface area contributed by atoms with E-state index in [-0.39, 0.29) is 11.9 Å². The van der Waals surface area contributed by atoms with Crippen molar-refractivity contribution < 1.29 is 4.79 Å². The molecular formula is C15H14Cl2N2O. The molecule has 0 aliphatic carbocycles. The summed E-state index contributed by atoms with van der Waals surface area (Å²) in [5, 5.41) is 1.13. The average Bonchev–Trinajstić information content (AvgIpc) is 2.46. The monoisotopic (exact) mass is 308 g/mol. The van der Waals surface area contributed by atoms with Crippen LogP contribution in [0, 0.1) is 0 Å². The van der Waals surface area contributed by atoms with Gasteiger partial charge in [-0.2, -0.15) is 0 Å². The van der Waals surface area contributed by atoms with Crippen LogP contribution >= 0.6 is 23.2 Å². The van der Waals surface area contributed by atoms with Crippen molar-refractivity contribution in [1.82, 2.24) is 9.88 Å². The van der Waals surface area contributed by atoms with E-state index in [0.29, 0.717) is 15.6 Å². The highest BCUT2D eigenvalue weighted by molar-refractivity contribution is 6.35. The van der Waals surface area contributed by atoms with Gasteiger partial charge in [-0.05, 0) is 36.8 Å². The zero-order valence-electron chi connectivity index (χ0n) is 11.2. The predicted molar refractivity (Wildman–Crippen MR) is 81.2 cm³/mol. The maximum Gasteiger partial charge on any atom is 0.254 e. The van der Waals surface area contributed by atoms with E-state index in [9.17, 15) is 4.79 Å². The number of halogens is 2. The summed E-state index contributed by atoms with van der Waals surface area (Å²) in [5.74, 6) is -0.0779. The Morgan fingerprint density at radius 3 is 2.45 bits per heavy atom. The number of carbonyl (C=O) groups excluding carboxylic acids is 1. The number of nitrogens with zero attached hydrogens (tertiary/aromatic N) is 2. The molecule has 104 valence electrons. The fraction of sp³-hybridized carbons (Fsp3) is 0.200. The molecule has 1 unspecified atom stereocenters. The molecular weight excluding hydrogens is 295 g/mol. The summed E-state index contributed by atoms with van der Waals surface area (Å²) in [7, 11) is 1.75. The molecule has 1 atom stereocenters. The molecule has 0 spiro atoms. The smallest absolute Gasteiger partial charge is 0.254 e. The Morgan fingerprint density at radius 1 is 1.20 bits per heavy atom. The van der Waals surface area contributed by atoms with Crippen molar-refractivity contribution in [1.29, 1.82) is 0 Å². The van der Waals surface area contributed by atoms with Crippen LogP contribution in [0.4, 0.5) is 0 Å². The van der Waals surface area contributed by atoms with Crippen molar-refractivity contribution in [2.45, 2.75) is 13.0 Å². The van der Waals surface area contributed by atoms with Gasteiger partial charge in [0.2, 0.25) is 0 Å². The van der Waals surface area contributed by atoms with Gasteiger partial charge in [0, 0.05) is 35.1 Å². The third kappa shape index (κ3) is 3.11. The Morgan fingerprint density at radius 2 is 1.85 bits per heavy atom. The Bertz CT molecular complexity index is 617. The van der Waals surface area contributed by atoms with Crippen molar-refractivity contribution in [3.63, 3.8) is 0 Å². The zero-order valence-corrected chi connectivity index (χ0v) is 12.7. The number of benzene rings is 1. The fourth-order valence-electron chi connectivity index (χ4n) is 1.92. The Kier molecular flexibility index (Phi) is 4.63. The van der Waals surface area contributed by atoms with E-state index in [2.05, 4.69) is 4.98 Å². The molecule has 1 amide bonds. The molecule has 0 aliphatic rings. The van der Waals surface area contributed by atoms with Gasteiger partial charge in [-0.1, -0.05) is 29.3 Å². The first-order valence-electron chi connectivity index (χ1n) is 6.13. The van der Waals surface area contributed by atoms with E-state index >= 15 is 0 Å². The van der Waals surface area contributed by atoms with E-state index in [1.165, 1.54) is 0 Å². The van der Waals surface area contributed by atoms with Gasteiger partial charge >= 0.3 is 0 Å². The number of amides is 1. The SMILES string of the molecule is CC(c1ccc(Cl)cc1Cl)N(C)C(=O)c1ccncc1. The molecule has 0 saturated heterocycles. The van der Waals surface area contributed by atoms with Crippen LogP contribution in [0.15, 0.2) is 42.7 Å². The summed E-state index contributed by atoms with van der Waals surface area (Å²) >= 11 is 12.1. The first-order chi connectivity index (χ1) is 9.50. The molecule has 0 saturated carbocycles. The molecule has 1 aromatic heterocycles. The largest absolute Gasteiger partial charge is 0.335 e. The Balaban J connectivity index is 2.24. The van der Waals surface area contributed by atoms with Gasteiger partial charge in [0.15, 0.2) is 0 Å². The maximum absolute atomic E-state index is 12.4. The molecule has 2 aromatic rings. The minimum Gasteiger partial charge on any atom is -0.335 e. The predicted octanol–water partition coefficient (Wildman–Crippen LogP) is 4.22. The highest BCUT2D eigenvalue weighted by atomic mass is 35.5. The van der Waals surface area contributed by atoms with Gasteiger partial charge in [0.1, 0.15) is 0 Å². The molecule has 1 aromatic carbocycles. The second-order valence-corrected chi connectivity index (χ2v) is 5.34. The van der Waals surface area contributed by atoms with Gasteiger partial charge in [0.05, 0.1) is 6.04 Å². The van der Waals surface area contributed by atoms with Crippen LogP contribution in [-0.4, -0.2) is 22.8 Å². The second kappa shape index (κ2) is 6.25. The number of pyridine rings is 1. The number of hydrogen-bond acceptors (Lipinski definition) is 2. The molecule has 0 N–H and O–H groups in total. The van der Waals surface area contributed by atoms with Crippen molar-refractivity contribution >= 4 is 29.1 Å². The van der Waals surface area contributed by atoms with Crippen molar-refractivity contribution in [2.24, 2.45) is 0 Å². The lowest BCUT2D eigenvalue weighted by molar-refractivity contribution is 0.0742. The minimum absolute atomic E-state index is 0.0779. The molecule has 5 heteroatoms. The minimum atomic E-state index is -0.152. The third-order valence-corrected chi connectivity index (χ3v) is 3.80. The first-order valence-corrected chi connectivity index (χ1v) is 6.88. The molecule has 3 nitrogen and oxygen atoms in total. The van der Waals surface area contributed by atoms with Crippen molar-refractivity contribution in [2.75, 3.05) is 7.05 Å². The van der Waals surface area contributed by atoms with Crippen LogP contribution in [0.2, 0.25) is 10.0 Å². The van der Waals surface area contributed by atoms with Crippen molar-refractivity contribution in [3.05, 3.63) is 63.9 Å². The molecule has 2 rings (SSSR count).